The second-order valence-corrected chi connectivity index (χ2v) is 10.8. The minimum Gasteiger partial charge on any atom is -0.454 e. The topological polar surface area (TPSA) is 115 Å². The van der Waals surface area contributed by atoms with Crippen LogP contribution in [0.2, 0.25) is 5.15 Å². The molecule has 0 spiro atoms. The molecular weight excluding hydrogens is 568 g/mol. The number of ether oxygens (including phenoxy) is 2. The number of anilines is 1. The number of aliphatic hydroxyl groups is 1. The first-order valence-corrected chi connectivity index (χ1v) is 14.3. The molecule has 0 bridgehead atoms. The van der Waals surface area contributed by atoms with Gasteiger partial charge < -0.3 is 19.9 Å². The van der Waals surface area contributed by atoms with Gasteiger partial charge in [0.05, 0.1) is 22.9 Å². The Morgan fingerprint density at radius 3 is 2.05 bits per heavy atom. The van der Waals surface area contributed by atoms with Crippen molar-refractivity contribution in [2.75, 3.05) is 11.9 Å². The largest absolute Gasteiger partial charge is 0.454 e. The maximum Gasteiger partial charge on any atom is 0.338 e. The molecule has 3 aromatic carbocycles. The molecule has 2 heterocycles. The SMILES string of the molecule is Cc1c(Cl)nc2cc(-c3ccccc3)nn2c1N[C@@H]1C[C@H](CO)[C@@H](OC(=O)c2ccccc2)[C@H]1OC(=O)c1ccccc1. The fraction of sp³-hybridized carbons (Fsp3) is 0.212. The van der Waals surface area contributed by atoms with E-state index in [1.165, 1.54) is 0 Å². The van der Waals surface area contributed by atoms with Crippen molar-refractivity contribution in [1.82, 2.24) is 14.6 Å². The van der Waals surface area contributed by atoms with E-state index in [2.05, 4.69) is 10.3 Å². The van der Waals surface area contributed by atoms with Gasteiger partial charge in [0, 0.05) is 29.7 Å². The molecule has 1 aliphatic carbocycles. The summed E-state index contributed by atoms with van der Waals surface area (Å²) in [6.45, 7) is 1.53. The Bertz CT molecular complexity index is 1750. The first-order chi connectivity index (χ1) is 20.9. The molecule has 6 rings (SSSR count). The maximum absolute atomic E-state index is 13.3. The second kappa shape index (κ2) is 12.2. The third-order valence-electron chi connectivity index (χ3n) is 7.65. The summed E-state index contributed by atoms with van der Waals surface area (Å²) in [4.78, 5) is 30.9. The van der Waals surface area contributed by atoms with Crippen LogP contribution >= 0.6 is 11.6 Å². The number of hydrogen-bond acceptors (Lipinski definition) is 8. The lowest BCUT2D eigenvalue weighted by molar-refractivity contribution is -0.0424. The third-order valence-corrected chi connectivity index (χ3v) is 8.02. The summed E-state index contributed by atoms with van der Waals surface area (Å²) in [6.07, 6.45) is -1.53. The van der Waals surface area contributed by atoms with Gasteiger partial charge in [-0.3, -0.25) is 0 Å². The van der Waals surface area contributed by atoms with Gasteiger partial charge in [0.2, 0.25) is 0 Å². The van der Waals surface area contributed by atoms with Gasteiger partial charge >= 0.3 is 11.9 Å². The molecule has 9 nitrogen and oxygen atoms in total. The summed E-state index contributed by atoms with van der Waals surface area (Å²) in [5, 5.41) is 18.9. The predicted octanol–water partition coefficient (Wildman–Crippen LogP) is 5.60. The Hall–Kier alpha value is -4.73. The summed E-state index contributed by atoms with van der Waals surface area (Å²) in [6, 6.07) is 28.1. The second-order valence-electron chi connectivity index (χ2n) is 10.4. The summed E-state index contributed by atoms with van der Waals surface area (Å²) in [7, 11) is 0. The van der Waals surface area contributed by atoms with Crippen molar-refractivity contribution in [2.45, 2.75) is 31.6 Å². The standard InChI is InChI=1S/C33H29ClN4O5/c1-20-30(34)36-27-18-25(21-11-5-2-6-12-21)37-38(27)31(20)35-26-17-24(19-39)28(42-32(40)22-13-7-3-8-14-22)29(26)43-33(41)23-15-9-4-10-16-23/h2-16,18,24,26,28-29,35,39H,17,19H2,1H3/t24-,26-,28-,29+/m1/s1. The molecule has 2 N–H and O–H groups in total. The lowest BCUT2D eigenvalue weighted by Crippen LogP contribution is -2.42. The van der Waals surface area contributed by atoms with Crippen LogP contribution in [0.25, 0.3) is 16.9 Å². The molecule has 5 aromatic rings. The molecule has 2 aromatic heterocycles. The Morgan fingerprint density at radius 1 is 0.907 bits per heavy atom. The van der Waals surface area contributed by atoms with Gasteiger partial charge in [0.15, 0.2) is 11.8 Å². The van der Waals surface area contributed by atoms with Gasteiger partial charge in [-0.05, 0) is 37.6 Å². The summed E-state index contributed by atoms with van der Waals surface area (Å²) in [5.41, 5.74) is 3.49. The Morgan fingerprint density at radius 2 is 1.47 bits per heavy atom. The molecule has 4 atom stereocenters. The number of aliphatic hydroxyl groups excluding tert-OH is 1. The predicted molar refractivity (Wildman–Crippen MR) is 162 cm³/mol. The number of rotatable bonds is 8. The van der Waals surface area contributed by atoms with Gasteiger partial charge in [-0.25, -0.2) is 14.6 Å². The van der Waals surface area contributed by atoms with Gasteiger partial charge in [0.1, 0.15) is 17.1 Å². The molecule has 0 amide bonds. The lowest BCUT2D eigenvalue weighted by atomic mass is 10.1. The van der Waals surface area contributed by atoms with E-state index < -0.39 is 36.1 Å². The van der Waals surface area contributed by atoms with Crippen LogP contribution in [0.15, 0.2) is 97.1 Å². The van der Waals surface area contributed by atoms with Crippen LogP contribution in [0.4, 0.5) is 5.82 Å². The van der Waals surface area contributed by atoms with E-state index in [0.29, 0.717) is 40.3 Å². The van der Waals surface area contributed by atoms with Gasteiger partial charge in [-0.15, -0.1) is 0 Å². The number of fused-ring (bicyclic) bond motifs is 1. The van der Waals surface area contributed by atoms with Crippen LogP contribution in [0, 0.1) is 12.8 Å². The molecular formula is C33H29ClN4O5. The number of hydrogen-bond donors (Lipinski definition) is 2. The molecule has 218 valence electrons. The van der Waals surface area contributed by atoms with E-state index in [0.717, 1.165) is 5.56 Å². The normalized spacial score (nSPS) is 19.7. The van der Waals surface area contributed by atoms with Gasteiger partial charge in [-0.1, -0.05) is 78.3 Å². The van der Waals surface area contributed by atoms with Crippen molar-refractivity contribution < 1.29 is 24.2 Å². The van der Waals surface area contributed by atoms with E-state index in [9.17, 15) is 14.7 Å². The molecule has 0 aliphatic heterocycles. The summed E-state index contributed by atoms with van der Waals surface area (Å²) >= 11 is 6.57. The number of benzene rings is 3. The van der Waals surface area contributed by atoms with Gasteiger partial charge in [0.25, 0.3) is 0 Å². The van der Waals surface area contributed by atoms with E-state index >= 15 is 0 Å². The van der Waals surface area contributed by atoms with Crippen LogP contribution in [0.1, 0.15) is 32.7 Å². The van der Waals surface area contributed by atoms with E-state index in [1.807, 2.05) is 43.3 Å². The van der Waals surface area contributed by atoms with Crippen LogP contribution in [0.3, 0.4) is 0 Å². The molecule has 1 saturated carbocycles. The lowest BCUT2D eigenvalue weighted by Gasteiger charge is -2.27. The van der Waals surface area contributed by atoms with E-state index in [1.54, 1.807) is 65.2 Å². The highest BCUT2D eigenvalue weighted by Gasteiger charge is 2.48. The van der Waals surface area contributed by atoms with Crippen molar-refractivity contribution in [1.29, 1.82) is 0 Å². The average molecular weight is 597 g/mol. The Labute approximate surface area is 253 Å². The molecule has 1 fully saturated rings. The minimum atomic E-state index is -0.942. The number of aromatic nitrogens is 3. The van der Waals surface area contributed by atoms with Crippen LogP contribution in [-0.2, 0) is 9.47 Å². The highest BCUT2D eigenvalue weighted by atomic mass is 35.5. The smallest absolute Gasteiger partial charge is 0.338 e. The molecule has 0 saturated heterocycles. The van der Waals surface area contributed by atoms with E-state index in [4.69, 9.17) is 26.2 Å². The van der Waals surface area contributed by atoms with Crippen molar-refractivity contribution in [3.05, 3.63) is 119 Å². The highest BCUT2D eigenvalue weighted by molar-refractivity contribution is 6.30. The average Bonchev–Trinajstić information content (AvgIpc) is 3.61. The third kappa shape index (κ3) is 5.82. The summed E-state index contributed by atoms with van der Waals surface area (Å²) < 4.78 is 13.7. The maximum atomic E-state index is 13.3. The van der Waals surface area contributed by atoms with Crippen LogP contribution in [0.5, 0.6) is 0 Å². The number of carbonyl (C=O) groups excluding carboxylic acids is 2. The van der Waals surface area contributed by atoms with Crippen LogP contribution < -0.4 is 5.32 Å². The molecule has 0 unspecified atom stereocenters. The van der Waals surface area contributed by atoms with Crippen molar-refractivity contribution in [3.8, 4) is 11.3 Å². The van der Waals surface area contributed by atoms with Gasteiger partial charge in [-0.2, -0.15) is 9.61 Å². The summed E-state index contributed by atoms with van der Waals surface area (Å²) in [5.74, 6) is -1.11. The fourth-order valence-corrected chi connectivity index (χ4v) is 5.58. The zero-order valence-corrected chi connectivity index (χ0v) is 24.0. The zero-order valence-electron chi connectivity index (χ0n) is 23.3. The number of halogens is 1. The molecule has 10 heteroatoms. The zero-order chi connectivity index (χ0) is 29.9. The number of carbonyl (C=O) groups is 2. The van der Waals surface area contributed by atoms with Crippen LogP contribution in [-0.4, -0.2) is 56.5 Å². The first-order valence-electron chi connectivity index (χ1n) is 13.9. The number of nitrogens with one attached hydrogen (secondary N) is 1. The van der Waals surface area contributed by atoms with E-state index in [-0.39, 0.29) is 11.8 Å². The van der Waals surface area contributed by atoms with Crippen molar-refractivity contribution in [3.63, 3.8) is 0 Å². The van der Waals surface area contributed by atoms with Crippen molar-refractivity contribution in [2.24, 2.45) is 5.92 Å². The molecule has 43 heavy (non-hydrogen) atoms. The fourth-order valence-electron chi connectivity index (χ4n) is 5.41. The number of nitrogens with zero attached hydrogens (tertiary/aromatic N) is 3. The Kier molecular flexibility index (Phi) is 8.09. The quantitative estimate of drug-likeness (QED) is 0.176. The molecule has 1 aliphatic rings. The number of esters is 2. The van der Waals surface area contributed by atoms with Crippen molar-refractivity contribution >= 4 is 35.0 Å². The molecule has 0 radical (unpaired) electrons. The monoisotopic (exact) mass is 596 g/mol. The Balaban J connectivity index is 1.37. The minimum absolute atomic E-state index is 0.282. The first kappa shape index (κ1) is 28.4. The highest BCUT2D eigenvalue weighted by Crippen LogP contribution is 2.36.